The minimum Gasteiger partial charge on any atom is -0.486 e. The summed E-state index contributed by atoms with van der Waals surface area (Å²) in [6.45, 7) is 1.09. The van der Waals surface area contributed by atoms with Gasteiger partial charge in [0.05, 0.1) is 11.5 Å². The van der Waals surface area contributed by atoms with Crippen LogP contribution in [-0.2, 0) is 11.8 Å². The lowest BCUT2D eigenvalue weighted by Gasteiger charge is -2.54. The summed E-state index contributed by atoms with van der Waals surface area (Å²) in [6, 6.07) is 6.91. The molecule has 2 aliphatic heterocycles. The third-order valence-electron chi connectivity index (χ3n) is 5.91. The van der Waals surface area contributed by atoms with E-state index in [-0.39, 0.29) is 17.6 Å². The van der Waals surface area contributed by atoms with E-state index in [4.69, 9.17) is 4.74 Å². The number of hydrogen-bond donors (Lipinski definition) is 1. The van der Waals surface area contributed by atoms with Crippen LogP contribution in [0.5, 0.6) is 5.75 Å². The second-order valence-corrected chi connectivity index (χ2v) is 6.71. The summed E-state index contributed by atoms with van der Waals surface area (Å²) in [5.74, 6) is 1.02. The molecule has 0 aromatic heterocycles. The van der Waals surface area contributed by atoms with E-state index in [1.165, 1.54) is 16.7 Å². The van der Waals surface area contributed by atoms with Crippen molar-refractivity contribution < 1.29 is 9.84 Å². The van der Waals surface area contributed by atoms with Crippen LogP contribution >= 0.6 is 0 Å². The number of aliphatic hydroxyl groups excluding tert-OH is 1. The van der Waals surface area contributed by atoms with Crippen molar-refractivity contribution in [2.24, 2.45) is 0 Å². The first kappa shape index (κ1) is 11.4. The molecule has 1 N–H and O–H groups in total. The Hall–Kier alpha value is -1.32. The van der Waals surface area contributed by atoms with E-state index in [9.17, 15) is 5.11 Å². The van der Waals surface area contributed by atoms with E-state index in [0.717, 1.165) is 31.6 Å². The first-order valence-electron chi connectivity index (χ1n) is 7.59. The summed E-state index contributed by atoms with van der Waals surface area (Å²) in [5.41, 5.74) is 4.28. The molecular formula is C17H19NO2. The molecule has 4 atom stereocenters. The fraction of sp³-hybridized carbons (Fsp3) is 0.529. The molecule has 20 heavy (non-hydrogen) atoms. The van der Waals surface area contributed by atoms with Gasteiger partial charge in [0.15, 0.2) is 0 Å². The van der Waals surface area contributed by atoms with Gasteiger partial charge in [0, 0.05) is 11.6 Å². The normalized spacial score (nSPS) is 40.9. The van der Waals surface area contributed by atoms with E-state index < -0.39 is 0 Å². The molecular weight excluding hydrogens is 250 g/mol. The predicted octanol–water partition coefficient (Wildman–Crippen LogP) is 1.64. The minimum atomic E-state index is -0.374. The highest BCUT2D eigenvalue weighted by atomic mass is 16.5. The zero-order valence-electron chi connectivity index (χ0n) is 11.7. The molecule has 3 heteroatoms. The van der Waals surface area contributed by atoms with E-state index >= 15 is 0 Å². The molecule has 1 fully saturated rings. The molecule has 1 unspecified atom stereocenters. The maximum atomic E-state index is 10.5. The van der Waals surface area contributed by atoms with Gasteiger partial charge in [-0.3, -0.25) is 4.90 Å². The maximum absolute atomic E-state index is 10.5. The van der Waals surface area contributed by atoms with Crippen LogP contribution < -0.4 is 4.74 Å². The van der Waals surface area contributed by atoms with Gasteiger partial charge in [-0.05, 0) is 50.1 Å². The second-order valence-electron chi connectivity index (χ2n) is 6.71. The summed E-state index contributed by atoms with van der Waals surface area (Å²) >= 11 is 0. The van der Waals surface area contributed by atoms with Gasteiger partial charge in [-0.15, -0.1) is 0 Å². The molecule has 2 bridgehead atoms. The fourth-order valence-electron chi connectivity index (χ4n) is 5.06. The van der Waals surface area contributed by atoms with Crippen molar-refractivity contribution in [2.75, 3.05) is 13.6 Å². The van der Waals surface area contributed by atoms with Crippen LogP contribution in [0, 0.1) is 0 Å². The summed E-state index contributed by atoms with van der Waals surface area (Å²) in [4.78, 5) is 2.47. The lowest BCUT2D eigenvalue weighted by Crippen LogP contribution is -2.61. The number of piperidine rings is 1. The predicted molar refractivity (Wildman–Crippen MR) is 76.0 cm³/mol. The summed E-state index contributed by atoms with van der Waals surface area (Å²) in [6.07, 6.45) is 4.73. The van der Waals surface area contributed by atoms with Crippen LogP contribution in [0.2, 0.25) is 0 Å². The number of likely N-dealkylation sites (tertiary alicyclic amines) is 1. The zero-order chi connectivity index (χ0) is 13.5. The van der Waals surface area contributed by atoms with Gasteiger partial charge < -0.3 is 9.84 Å². The monoisotopic (exact) mass is 269 g/mol. The zero-order valence-corrected chi connectivity index (χ0v) is 11.7. The quantitative estimate of drug-likeness (QED) is 0.727. The Balaban J connectivity index is 1.85. The average Bonchev–Trinajstić information content (AvgIpc) is 2.79. The smallest absolute Gasteiger partial charge is 0.138 e. The molecule has 2 aliphatic carbocycles. The van der Waals surface area contributed by atoms with Gasteiger partial charge in [0.1, 0.15) is 11.9 Å². The average molecular weight is 269 g/mol. The fourth-order valence-corrected chi connectivity index (χ4v) is 5.06. The van der Waals surface area contributed by atoms with Gasteiger partial charge in [0.25, 0.3) is 0 Å². The Morgan fingerprint density at radius 3 is 3.20 bits per heavy atom. The van der Waals surface area contributed by atoms with Crippen LogP contribution in [0.25, 0.3) is 0 Å². The molecule has 3 nitrogen and oxygen atoms in total. The summed E-state index contributed by atoms with van der Waals surface area (Å²) in [5, 5.41) is 10.5. The van der Waals surface area contributed by atoms with Gasteiger partial charge in [-0.2, -0.15) is 0 Å². The summed E-state index contributed by atoms with van der Waals surface area (Å²) in [7, 11) is 2.23. The number of hydrogen-bond acceptors (Lipinski definition) is 3. The van der Waals surface area contributed by atoms with Crippen molar-refractivity contribution >= 4 is 0 Å². The number of nitrogens with zero attached hydrogens (tertiary/aromatic N) is 1. The Kier molecular flexibility index (Phi) is 1.97. The van der Waals surface area contributed by atoms with Gasteiger partial charge in [-0.1, -0.05) is 18.2 Å². The standard InChI is InChI=1S/C17H19NO2/c1-18-8-7-17-11-5-6-13(19)16(17)20-14-4-2-3-10(15(14)17)9-12(11)18/h2-5,12-13,16,19H,6-9H2,1H3/t12-,13+,16?,17+/m1/s1. The Bertz CT molecular complexity index is 638. The van der Waals surface area contributed by atoms with Crippen molar-refractivity contribution in [3.63, 3.8) is 0 Å². The molecule has 2 heterocycles. The molecule has 0 amide bonds. The Morgan fingerprint density at radius 1 is 1.40 bits per heavy atom. The van der Waals surface area contributed by atoms with E-state index in [1.807, 2.05) is 0 Å². The minimum absolute atomic E-state index is 0.0426. The third-order valence-corrected chi connectivity index (χ3v) is 5.91. The molecule has 4 aliphatic rings. The lowest BCUT2D eigenvalue weighted by atomic mass is 9.56. The maximum Gasteiger partial charge on any atom is 0.138 e. The van der Waals surface area contributed by atoms with Gasteiger partial charge >= 0.3 is 0 Å². The van der Waals surface area contributed by atoms with Crippen molar-refractivity contribution in [2.45, 2.75) is 42.9 Å². The third kappa shape index (κ3) is 1.08. The number of ether oxygens (including phenoxy) is 1. The largest absolute Gasteiger partial charge is 0.486 e. The van der Waals surface area contributed by atoms with Crippen LogP contribution in [0.3, 0.4) is 0 Å². The van der Waals surface area contributed by atoms with E-state index in [2.05, 4.69) is 36.2 Å². The van der Waals surface area contributed by atoms with E-state index in [1.54, 1.807) is 0 Å². The van der Waals surface area contributed by atoms with Gasteiger partial charge in [-0.25, -0.2) is 0 Å². The molecule has 5 rings (SSSR count). The first-order chi connectivity index (χ1) is 9.72. The number of rotatable bonds is 0. The van der Waals surface area contributed by atoms with Crippen LogP contribution in [0.4, 0.5) is 0 Å². The molecule has 0 radical (unpaired) electrons. The highest BCUT2D eigenvalue weighted by Crippen LogP contribution is 2.60. The SMILES string of the molecule is CN1CC[C@@]23C4=CC[C@H](O)C2Oc2cccc(c23)C[C@H]41. The van der Waals surface area contributed by atoms with Crippen LogP contribution in [0.15, 0.2) is 29.8 Å². The molecule has 104 valence electrons. The van der Waals surface area contributed by atoms with E-state index in [0.29, 0.717) is 6.04 Å². The van der Waals surface area contributed by atoms with Crippen LogP contribution in [0.1, 0.15) is 24.0 Å². The molecule has 1 spiro atoms. The highest BCUT2D eigenvalue weighted by Gasteiger charge is 2.61. The van der Waals surface area contributed by atoms with Crippen molar-refractivity contribution in [1.82, 2.24) is 4.90 Å². The Morgan fingerprint density at radius 2 is 2.30 bits per heavy atom. The lowest BCUT2D eigenvalue weighted by molar-refractivity contribution is -0.0118. The highest BCUT2D eigenvalue weighted by molar-refractivity contribution is 5.61. The molecule has 1 saturated heterocycles. The van der Waals surface area contributed by atoms with Crippen LogP contribution in [-0.4, -0.2) is 41.8 Å². The molecule has 0 saturated carbocycles. The second kappa shape index (κ2) is 3.46. The number of aliphatic hydroxyl groups is 1. The van der Waals surface area contributed by atoms with Crippen molar-refractivity contribution in [3.05, 3.63) is 41.0 Å². The first-order valence-corrected chi connectivity index (χ1v) is 7.59. The Labute approximate surface area is 118 Å². The molecule has 1 aromatic carbocycles. The molecule has 1 aromatic rings. The topological polar surface area (TPSA) is 32.7 Å². The van der Waals surface area contributed by atoms with Crippen molar-refractivity contribution in [3.8, 4) is 5.75 Å². The number of benzene rings is 1. The number of likely N-dealkylation sites (N-methyl/N-ethyl adjacent to an activating group) is 1. The van der Waals surface area contributed by atoms with Crippen molar-refractivity contribution in [1.29, 1.82) is 0 Å². The summed E-state index contributed by atoms with van der Waals surface area (Å²) < 4.78 is 6.22. The van der Waals surface area contributed by atoms with Gasteiger partial charge in [0.2, 0.25) is 0 Å².